The maximum absolute atomic E-state index is 14.4. The number of primary amides is 2. The number of hydrogen-bond donors (Lipinski definition) is 13. The van der Waals surface area contributed by atoms with Gasteiger partial charge >= 0.3 is 0 Å². The number of aliphatic imine (C=N–C) groups is 1. The molecule has 1 aliphatic heterocycles. The van der Waals surface area contributed by atoms with E-state index < -0.39 is 193 Å². The van der Waals surface area contributed by atoms with Crippen LogP contribution in [0.15, 0.2) is 35.3 Å². The number of nitrogens with one attached hydrogen (secondary N) is 6. The number of guanidine groups is 1. The number of aliphatic hydroxyl groups excluding tert-OH is 2. The second kappa shape index (κ2) is 37.7. The van der Waals surface area contributed by atoms with Crippen molar-refractivity contribution in [3.63, 3.8) is 0 Å². The van der Waals surface area contributed by atoms with Gasteiger partial charge in [-0.05, 0) is 42.6 Å². The first kappa shape index (κ1) is 73.6. The Labute approximate surface area is 499 Å². The minimum Gasteiger partial charge on any atom is -0.396 e. The van der Waals surface area contributed by atoms with Gasteiger partial charge in [0, 0.05) is 62.0 Å². The van der Waals surface area contributed by atoms with Gasteiger partial charge in [0.25, 0.3) is 0 Å². The van der Waals surface area contributed by atoms with Gasteiger partial charge in [0.1, 0.15) is 12.1 Å². The molecular weight excluding hydrogens is 1130 g/mol. The molecule has 0 radical (unpaired) electrons. The number of ketones is 4. The summed E-state index contributed by atoms with van der Waals surface area (Å²) in [7, 11) is 2.11. The highest BCUT2D eigenvalue weighted by atomic mass is 33.1. The molecule has 2 rings (SSSR count). The molecule has 1 aromatic rings. The summed E-state index contributed by atoms with van der Waals surface area (Å²) in [5.41, 5.74) is 28.9. The van der Waals surface area contributed by atoms with Crippen molar-refractivity contribution in [2.75, 3.05) is 31.3 Å². The lowest BCUT2D eigenvalue weighted by Crippen LogP contribution is -2.55. The number of carbonyl (C=O) groups is 12. The molecule has 1 aliphatic rings. The molecule has 0 unspecified atom stereocenters. The number of nitrogens with zero attached hydrogens (tertiary/aromatic N) is 1. The number of Topliss-reactive ketones (excluding diaryl/α,β-unsaturated/α-hetero) is 4. The number of nitrogens with two attached hydrogens (primary N) is 5. The molecule has 0 aliphatic carbocycles. The molecule has 1 fully saturated rings. The van der Waals surface area contributed by atoms with Gasteiger partial charge in [-0.2, -0.15) is 0 Å². The monoisotopic (exact) mass is 1220 g/mol. The first-order valence-corrected chi connectivity index (χ1v) is 30.9. The van der Waals surface area contributed by atoms with E-state index in [1.807, 2.05) is 25.1 Å². The third kappa shape index (κ3) is 25.0. The predicted molar refractivity (Wildman–Crippen MR) is 318 cm³/mol. The van der Waals surface area contributed by atoms with E-state index in [9.17, 15) is 67.7 Å². The van der Waals surface area contributed by atoms with Crippen molar-refractivity contribution in [2.45, 2.75) is 161 Å². The Bertz CT molecular complexity index is 2450. The molecule has 28 heteroatoms. The molecular formula is C56H90N12O14S2. The molecule has 0 bridgehead atoms. The highest BCUT2D eigenvalue weighted by Gasteiger charge is 2.39. The summed E-state index contributed by atoms with van der Waals surface area (Å²) < 4.78 is 0. The fourth-order valence-corrected chi connectivity index (χ4v) is 11.4. The number of carbonyl (C=O) groups excluding carboxylic acids is 12. The Morgan fingerprint density at radius 1 is 0.690 bits per heavy atom. The van der Waals surface area contributed by atoms with Crippen LogP contribution in [0.4, 0.5) is 0 Å². The highest BCUT2D eigenvalue weighted by molar-refractivity contribution is 8.76. The van der Waals surface area contributed by atoms with Crippen LogP contribution in [0.1, 0.15) is 118 Å². The quantitative estimate of drug-likeness (QED) is 0.0217. The summed E-state index contributed by atoms with van der Waals surface area (Å²) in [6, 6.07) is 0.543. The zero-order valence-electron chi connectivity index (χ0n) is 49.2. The van der Waals surface area contributed by atoms with Gasteiger partial charge in [0.05, 0.1) is 55.3 Å². The molecule has 1 saturated heterocycles. The first-order valence-electron chi connectivity index (χ1n) is 28.4. The largest absolute Gasteiger partial charge is 0.396 e. The number of benzene rings is 1. The molecule has 14 atom stereocenters. The van der Waals surface area contributed by atoms with Crippen molar-refractivity contribution >= 4 is 97.9 Å². The van der Waals surface area contributed by atoms with Gasteiger partial charge < -0.3 is 70.8 Å². The summed E-state index contributed by atoms with van der Waals surface area (Å²) in [5.74, 6) is -15.7. The molecule has 0 saturated carbocycles. The standard InChI is InChI=1S/C56H90N12O14S2/c1-8-29(4)36(24-43(72)38(16-17-46(58)75)63-51(78)34(25-69)22-45(74)48(31(6)10-3)68-54(81)37(57)21-33-14-12-11-13-15-33)53(80)67-47(30(5)9-2)44(73)23-35(26-70)52(79)65-40-27-83-84-28-41(49(59)76)66-55(82)39(18-19-62-56(60)61)64-50(77)32(7)20-42(40)71/h11-15,29-32,34-41,47-48,69-70H,8-10,16-28,57H2,1-7H3,(H2,58,75)(H2,59,76)(H,63,78)(H,64,77)(H,65,79)(H,66,82)(H,67,80)(H,68,81)(H4,60,61,62)/t29-,30-,31-,32+,34-,35-,36-,37-,38-,39-,40-,41-,47-,48-/m0/s1. The lowest BCUT2D eigenvalue weighted by molar-refractivity contribution is -0.138. The van der Waals surface area contributed by atoms with Crippen molar-refractivity contribution in [1.29, 1.82) is 0 Å². The van der Waals surface area contributed by atoms with E-state index in [1.165, 1.54) is 6.92 Å². The highest BCUT2D eigenvalue weighted by Crippen LogP contribution is 2.27. The summed E-state index contributed by atoms with van der Waals surface area (Å²) in [6.45, 7) is 10.1. The average Bonchev–Trinajstić information content (AvgIpc) is 3.67. The second-order valence-electron chi connectivity index (χ2n) is 21.7. The third-order valence-electron chi connectivity index (χ3n) is 15.1. The minimum atomic E-state index is -1.44. The third-order valence-corrected chi connectivity index (χ3v) is 17.5. The van der Waals surface area contributed by atoms with Crippen LogP contribution in [0.3, 0.4) is 0 Å². The Morgan fingerprint density at radius 2 is 1.24 bits per heavy atom. The molecule has 84 heavy (non-hydrogen) atoms. The average molecular weight is 1220 g/mol. The Balaban J connectivity index is 2.33. The lowest BCUT2D eigenvalue weighted by atomic mass is 9.83. The smallest absolute Gasteiger partial charge is 0.243 e. The van der Waals surface area contributed by atoms with Crippen LogP contribution in [-0.2, 0) is 64.0 Å². The normalized spacial score (nSPS) is 20.6. The van der Waals surface area contributed by atoms with Crippen molar-refractivity contribution < 1.29 is 67.7 Å². The molecule has 470 valence electrons. The number of aliphatic hydroxyl groups is 2. The van der Waals surface area contributed by atoms with Gasteiger partial charge in [-0.15, -0.1) is 0 Å². The maximum atomic E-state index is 14.4. The summed E-state index contributed by atoms with van der Waals surface area (Å²) in [5, 5.41) is 36.7. The van der Waals surface area contributed by atoms with E-state index in [-0.39, 0.29) is 49.7 Å². The number of amides is 8. The van der Waals surface area contributed by atoms with E-state index in [2.05, 4.69) is 36.9 Å². The SMILES string of the molecule is CC[C@H](C)[C@H](CC(=O)[C@H](CCC(N)=O)NC(=O)[C@H](CO)CC(=O)[C@@H](NC(=O)[C@@H](N)Cc1ccccc1)[C@@H](C)CC)C(=O)N[C@H](C(=O)C[C@@H](CO)C(=O)N[C@H]1CSSC[C@@H](C(N)=O)NC(=O)[C@H](CCN=C(N)N)NC(=O)[C@H](C)CC1=O)[C@@H](C)CC. The fourth-order valence-electron chi connectivity index (χ4n) is 8.99. The molecule has 26 nitrogen and oxygen atoms in total. The van der Waals surface area contributed by atoms with Crippen molar-refractivity contribution in [3.05, 3.63) is 35.9 Å². The van der Waals surface area contributed by atoms with Crippen LogP contribution in [-0.4, -0.2) is 160 Å². The fraction of sp³-hybridized carbons (Fsp3) is 0.661. The summed E-state index contributed by atoms with van der Waals surface area (Å²) >= 11 is 0. The Morgan fingerprint density at radius 3 is 1.76 bits per heavy atom. The van der Waals surface area contributed by atoms with Crippen LogP contribution in [0.25, 0.3) is 0 Å². The minimum absolute atomic E-state index is 0.0731. The van der Waals surface area contributed by atoms with Crippen LogP contribution >= 0.6 is 21.6 Å². The van der Waals surface area contributed by atoms with Crippen molar-refractivity contribution in [3.8, 4) is 0 Å². The molecule has 18 N–H and O–H groups in total. The van der Waals surface area contributed by atoms with E-state index >= 15 is 0 Å². The van der Waals surface area contributed by atoms with Crippen LogP contribution in [0.2, 0.25) is 0 Å². The van der Waals surface area contributed by atoms with E-state index in [0.29, 0.717) is 19.3 Å². The number of hydrogen-bond acceptors (Lipinski definition) is 18. The zero-order chi connectivity index (χ0) is 63.4. The Hall–Kier alpha value is -6.49. The first-order chi connectivity index (χ1) is 39.6. The van der Waals surface area contributed by atoms with Gasteiger partial charge in [0.2, 0.25) is 47.3 Å². The van der Waals surface area contributed by atoms with Crippen molar-refractivity contribution in [2.24, 2.45) is 75.1 Å². The van der Waals surface area contributed by atoms with E-state index in [1.54, 1.807) is 46.8 Å². The predicted octanol–water partition coefficient (Wildman–Crippen LogP) is -1.28. The van der Waals surface area contributed by atoms with Crippen molar-refractivity contribution in [1.82, 2.24) is 31.9 Å². The summed E-state index contributed by atoms with van der Waals surface area (Å²) in [6.07, 6.45) is -1.48. The van der Waals surface area contributed by atoms with Gasteiger partial charge in [-0.1, -0.05) is 120 Å². The number of rotatable bonds is 34. The summed E-state index contributed by atoms with van der Waals surface area (Å²) in [4.78, 5) is 167. The molecule has 1 heterocycles. The molecule has 0 aromatic heterocycles. The van der Waals surface area contributed by atoms with E-state index in [4.69, 9.17) is 28.7 Å². The van der Waals surface area contributed by atoms with Gasteiger partial charge in [-0.3, -0.25) is 62.5 Å². The molecule has 0 spiro atoms. The van der Waals surface area contributed by atoms with Crippen LogP contribution in [0, 0.1) is 41.4 Å². The zero-order valence-corrected chi connectivity index (χ0v) is 50.9. The Kier molecular flexibility index (Phi) is 33.1. The van der Waals surface area contributed by atoms with E-state index in [0.717, 1.165) is 27.2 Å². The van der Waals surface area contributed by atoms with Crippen LogP contribution in [0.5, 0.6) is 0 Å². The second-order valence-corrected chi connectivity index (χ2v) is 24.2. The molecule has 8 amide bonds. The van der Waals surface area contributed by atoms with Crippen LogP contribution < -0.4 is 60.6 Å². The molecule has 1 aromatic carbocycles. The topological polar surface area (TPSA) is 460 Å². The maximum Gasteiger partial charge on any atom is 0.243 e. The lowest BCUT2D eigenvalue weighted by Gasteiger charge is -2.30. The van der Waals surface area contributed by atoms with Gasteiger partial charge in [-0.25, -0.2) is 0 Å². The van der Waals surface area contributed by atoms with Gasteiger partial charge in [0.15, 0.2) is 29.1 Å².